The van der Waals surface area contributed by atoms with E-state index in [1.165, 1.54) is 18.6 Å². The lowest BCUT2D eigenvalue weighted by Crippen LogP contribution is -2.54. The molecule has 5 rings (SSSR count). The first-order chi connectivity index (χ1) is 18.4. The van der Waals surface area contributed by atoms with E-state index >= 15 is 0 Å². The van der Waals surface area contributed by atoms with Crippen LogP contribution in [0.5, 0.6) is 5.75 Å². The Bertz CT molecular complexity index is 1080. The number of aromatic nitrogens is 2. The summed E-state index contributed by atoms with van der Waals surface area (Å²) in [6, 6.07) is 2.48. The molecule has 0 bridgehead atoms. The number of hydrogen-bond donors (Lipinski definition) is 1. The van der Waals surface area contributed by atoms with Crippen LogP contribution in [0.3, 0.4) is 0 Å². The number of rotatable bonds is 11. The van der Waals surface area contributed by atoms with Crippen molar-refractivity contribution in [2.24, 2.45) is 17.8 Å². The van der Waals surface area contributed by atoms with Crippen molar-refractivity contribution in [1.82, 2.24) is 14.9 Å². The Labute approximate surface area is 222 Å². The number of piperidine rings is 1. The van der Waals surface area contributed by atoms with Gasteiger partial charge in [0, 0.05) is 82.5 Å². The molecule has 1 aromatic heterocycles. The maximum atomic E-state index is 14.6. The fourth-order valence-electron chi connectivity index (χ4n) is 5.71. The molecule has 0 amide bonds. The number of ether oxygens (including phenoxy) is 3. The van der Waals surface area contributed by atoms with Crippen molar-refractivity contribution in [3.8, 4) is 5.75 Å². The van der Waals surface area contributed by atoms with Gasteiger partial charge in [-0.2, -0.15) is 0 Å². The van der Waals surface area contributed by atoms with Crippen molar-refractivity contribution in [2.45, 2.75) is 44.8 Å². The molecular weight excluding hydrogens is 492 g/mol. The highest BCUT2D eigenvalue weighted by Crippen LogP contribution is 2.49. The summed E-state index contributed by atoms with van der Waals surface area (Å²) in [7, 11) is 3.28. The molecule has 2 aliphatic heterocycles. The predicted molar refractivity (Wildman–Crippen MR) is 140 cm³/mol. The Morgan fingerprint density at radius 1 is 1.08 bits per heavy atom. The minimum absolute atomic E-state index is 0.0811. The van der Waals surface area contributed by atoms with Crippen molar-refractivity contribution in [2.75, 3.05) is 51.9 Å². The molecule has 3 heterocycles. The molecule has 1 N–H and O–H groups in total. The molecule has 0 spiro atoms. The van der Waals surface area contributed by atoms with Gasteiger partial charge in [0.25, 0.3) is 0 Å². The number of anilines is 1. The fraction of sp³-hybridized carbons (Fsp3) is 0.607. The van der Waals surface area contributed by atoms with E-state index in [-0.39, 0.29) is 29.7 Å². The molecule has 1 aliphatic carbocycles. The molecule has 2 saturated heterocycles. The van der Waals surface area contributed by atoms with Crippen LogP contribution in [-0.4, -0.2) is 73.8 Å². The molecule has 1 saturated carbocycles. The van der Waals surface area contributed by atoms with Crippen molar-refractivity contribution in [3.05, 3.63) is 47.3 Å². The first kappa shape index (κ1) is 26.7. The van der Waals surface area contributed by atoms with Gasteiger partial charge in [0.05, 0.1) is 19.3 Å². The summed E-state index contributed by atoms with van der Waals surface area (Å²) in [5.41, 5.74) is 0.882. The van der Waals surface area contributed by atoms with E-state index in [0.29, 0.717) is 44.1 Å². The van der Waals surface area contributed by atoms with Gasteiger partial charge in [-0.15, -0.1) is 0 Å². The SMILES string of the molecule is COCc1cnc(N2CCC([C@H]3C[C@H]3CCOc3cc(F)c(CC(=N)N4CC(OC)C4)c(F)c3)CC2)nc1. The zero-order valence-electron chi connectivity index (χ0n) is 22.2. The number of nitrogens with zero attached hydrogens (tertiary/aromatic N) is 4. The van der Waals surface area contributed by atoms with Gasteiger partial charge in [-0.3, -0.25) is 5.41 Å². The average Bonchev–Trinajstić information content (AvgIpc) is 3.66. The van der Waals surface area contributed by atoms with Crippen LogP contribution in [0.1, 0.15) is 36.8 Å². The molecule has 206 valence electrons. The Kier molecular flexibility index (Phi) is 8.38. The third-order valence-corrected chi connectivity index (χ3v) is 8.19. The molecule has 3 fully saturated rings. The number of hydrogen-bond acceptors (Lipinski definition) is 7. The van der Waals surface area contributed by atoms with E-state index in [9.17, 15) is 8.78 Å². The molecule has 0 unspecified atom stereocenters. The number of nitrogens with one attached hydrogen (secondary N) is 1. The Balaban J connectivity index is 1.03. The average molecular weight is 530 g/mol. The van der Waals surface area contributed by atoms with Crippen LogP contribution >= 0.6 is 0 Å². The lowest BCUT2D eigenvalue weighted by atomic mass is 9.90. The highest BCUT2D eigenvalue weighted by molar-refractivity contribution is 5.82. The fourth-order valence-corrected chi connectivity index (χ4v) is 5.71. The van der Waals surface area contributed by atoms with Crippen LogP contribution in [0.4, 0.5) is 14.7 Å². The molecule has 10 heteroatoms. The maximum Gasteiger partial charge on any atom is 0.225 e. The molecule has 3 aliphatic rings. The topological polar surface area (TPSA) is 83.8 Å². The first-order valence-corrected chi connectivity index (χ1v) is 13.5. The second-order valence-corrected chi connectivity index (χ2v) is 10.7. The van der Waals surface area contributed by atoms with Gasteiger partial charge in [-0.25, -0.2) is 18.7 Å². The Hall–Kier alpha value is -2.85. The van der Waals surface area contributed by atoms with Crippen LogP contribution in [0, 0.1) is 34.8 Å². The van der Waals surface area contributed by atoms with Crippen LogP contribution < -0.4 is 9.64 Å². The van der Waals surface area contributed by atoms with Gasteiger partial charge in [0.1, 0.15) is 23.2 Å². The summed E-state index contributed by atoms with van der Waals surface area (Å²) in [4.78, 5) is 13.0. The molecule has 2 aromatic rings. The monoisotopic (exact) mass is 529 g/mol. The van der Waals surface area contributed by atoms with Crippen molar-refractivity contribution in [3.63, 3.8) is 0 Å². The zero-order valence-corrected chi connectivity index (χ0v) is 22.2. The normalized spacial score (nSPS) is 21.9. The van der Waals surface area contributed by atoms with E-state index in [0.717, 1.165) is 43.9 Å². The van der Waals surface area contributed by atoms with E-state index in [4.69, 9.17) is 19.6 Å². The lowest BCUT2D eigenvalue weighted by Gasteiger charge is -2.40. The van der Waals surface area contributed by atoms with Crippen molar-refractivity contribution in [1.29, 1.82) is 5.41 Å². The smallest absolute Gasteiger partial charge is 0.225 e. The highest BCUT2D eigenvalue weighted by Gasteiger charge is 2.43. The largest absolute Gasteiger partial charge is 0.493 e. The van der Waals surface area contributed by atoms with Crippen molar-refractivity contribution >= 4 is 11.8 Å². The van der Waals surface area contributed by atoms with Crippen LogP contribution in [0.15, 0.2) is 24.5 Å². The number of halogens is 2. The van der Waals surface area contributed by atoms with Gasteiger partial charge in [-0.05, 0) is 43.4 Å². The summed E-state index contributed by atoms with van der Waals surface area (Å²) in [6.45, 7) is 4.05. The summed E-state index contributed by atoms with van der Waals surface area (Å²) >= 11 is 0. The second kappa shape index (κ2) is 11.9. The second-order valence-electron chi connectivity index (χ2n) is 10.7. The van der Waals surface area contributed by atoms with E-state index in [1.54, 1.807) is 19.1 Å². The van der Waals surface area contributed by atoms with Crippen LogP contribution in [-0.2, 0) is 22.5 Å². The number of likely N-dealkylation sites (tertiary alicyclic amines) is 1. The van der Waals surface area contributed by atoms with Crippen LogP contribution in [0.25, 0.3) is 0 Å². The summed E-state index contributed by atoms with van der Waals surface area (Å²) in [6.07, 6.45) is 8.00. The molecule has 8 nitrogen and oxygen atoms in total. The Morgan fingerprint density at radius 3 is 2.39 bits per heavy atom. The summed E-state index contributed by atoms with van der Waals surface area (Å²) < 4.78 is 45.3. The van der Waals surface area contributed by atoms with Crippen LogP contribution in [0.2, 0.25) is 0 Å². The molecule has 38 heavy (non-hydrogen) atoms. The number of amidine groups is 1. The predicted octanol–water partition coefficient (Wildman–Crippen LogP) is 4.07. The van der Waals surface area contributed by atoms with Gasteiger partial charge in [0.2, 0.25) is 5.95 Å². The molecule has 0 radical (unpaired) electrons. The van der Waals surface area contributed by atoms with Gasteiger partial charge in [-0.1, -0.05) is 0 Å². The molecular formula is C28H37F2N5O3. The molecule has 2 atom stereocenters. The molecule has 1 aromatic carbocycles. The van der Waals surface area contributed by atoms with E-state index in [1.807, 2.05) is 12.4 Å². The van der Waals surface area contributed by atoms with Crippen molar-refractivity contribution < 1.29 is 23.0 Å². The zero-order chi connectivity index (χ0) is 26.6. The van der Waals surface area contributed by atoms with Gasteiger partial charge < -0.3 is 24.0 Å². The van der Waals surface area contributed by atoms with E-state index < -0.39 is 11.6 Å². The quantitative estimate of drug-likeness (QED) is 0.347. The third-order valence-electron chi connectivity index (χ3n) is 8.19. The summed E-state index contributed by atoms with van der Waals surface area (Å²) in [5, 5.41) is 8.13. The minimum atomic E-state index is -0.665. The standard InChI is InChI=1S/C28H37F2N5O3/c1-36-17-18-13-32-28(33-14-18)34-6-3-19(4-7-34)23-9-20(23)5-8-38-21-10-25(29)24(26(30)11-21)12-27(31)35-15-22(16-35)37-2/h10-11,13-14,19-20,22-23,31H,3-9,12,15-17H2,1-2H3/t20-,23-/m1/s1. The summed E-state index contributed by atoms with van der Waals surface area (Å²) in [5.74, 6) is 1.86. The number of methoxy groups -OCH3 is 2. The minimum Gasteiger partial charge on any atom is -0.493 e. The third kappa shape index (κ3) is 6.23. The first-order valence-electron chi connectivity index (χ1n) is 13.5. The maximum absolute atomic E-state index is 14.6. The Morgan fingerprint density at radius 2 is 1.76 bits per heavy atom. The highest BCUT2D eigenvalue weighted by atomic mass is 19.1. The van der Waals surface area contributed by atoms with E-state index in [2.05, 4.69) is 14.9 Å². The lowest BCUT2D eigenvalue weighted by molar-refractivity contribution is 0.00465. The van der Waals surface area contributed by atoms with Gasteiger partial charge in [0.15, 0.2) is 0 Å². The number of benzene rings is 1. The van der Waals surface area contributed by atoms with Gasteiger partial charge >= 0.3 is 0 Å².